The number of hydrogen-bond acceptors (Lipinski definition) is 6. The maximum absolute atomic E-state index is 12.6. The summed E-state index contributed by atoms with van der Waals surface area (Å²) in [5, 5.41) is 0. The molecule has 2 heterocycles. The first-order valence-corrected chi connectivity index (χ1v) is 9.79. The molecule has 28 heavy (non-hydrogen) atoms. The summed E-state index contributed by atoms with van der Waals surface area (Å²) in [7, 11) is -0.595. The first-order valence-electron chi connectivity index (χ1n) is 8.31. The second-order valence-electron chi connectivity index (χ2n) is 5.85. The van der Waals surface area contributed by atoms with Crippen molar-refractivity contribution >= 4 is 21.6 Å². The van der Waals surface area contributed by atoms with Crippen LogP contribution in [-0.4, -0.2) is 33.5 Å². The summed E-state index contributed by atoms with van der Waals surface area (Å²) in [5.74, 6) is 0.658. The Hall–Kier alpha value is -3.17. The number of aromatic nitrogens is 1. The molecule has 3 rings (SSSR count). The normalized spacial score (nSPS) is 11.2. The Balaban J connectivity index is 1.70. The minimum atomic E-state index is -3.72. The van der Waals surface area contributed by atoms with Gasteiger partial charge in [0.15, 0.2) is 0 Å². The fourth-order valence-corrected chi connectivity index (χ4v) is 3.44. The molecule has 0 aliphatic rings. The molecule has 0 bridgehead atoms. The number of sulfonamides is 1. The van der Waals surface area contributed by atoms with Crippen molar-refractivity contribution in [1.29, 1.82) is 0 Å². The predicted molar refractivity (Wildman–Crippen MR) is 103 cm³/mol. The zero-order valence-corrected chi connectivity index (χ0v) is 16.1. The Kier molecular flexibility index (Phi) is 5.76. The summed E-state index contributed by atoms with van der Waals surface area (Å²) in [5.41, 5.74) is 0.936. The van der Waals surface area contributed by atoms with E-state index in [9.17, 15) is 13.2 Å². The molecular formula is C19H19N3O5S. The van der Waals surface area contributed by atoms with Crippen molar-refractivity contribution in [3.8, 4) is 5.88 Å². The molecule has 1 aromatic carbocycles. The first kappa shape index (κ1) is 19.6. The predicted octanol–water partition coefficient (Wildman–Crippen LogP) is 2.44. The highest BCUT2D eigenvalue weighted by Gasteiger charge is 2.18. The second kappa shape index (κ2) is 8.24. The topological polar surface area (TPSA) is 102 Å². The van der Waals surface area contributed by atoms with Gasteiger partial charge < -0.3 is 14.1 Å². The van der Waals surface area contributed by atoms with Crippen LogP contribution in [0.2, 0.25) is 0 Å². The van der Waals surface area contributed by atoms with Crippen LogP contribution in [0.25, 0.3) is 0 Å². The summed E-state index contributed by atoms with van der Waals surface area (Å²) in [4.78, 5) is 18.2. The molecule has 2 aromatic heterocycles. The van der Waals surface area contributed by atoms with Gasteiger partial charge in [-0.3, -0.25) is 4.79 Å². The molecule has 0 spiro atoms. The molecule has 8 nitrogen and oxygen atoms in total. The first-order chi connectivity index (χ1) is 13.4. The van der Waals surface area contributed by atoms with Crippen LogP contribution >= 0.6 is 0 Å². The molecular weight excluding hydrogens is 382 g/mol. The Morgan fingerprint density at radius 1 is 1.18 bits per heavy atom. The molecule has 0 atom stereocenters. The molecule has 0 aliphatic heterocycles. The van der Waals surface area contributed by atoms with Gasteiger partial charge in [-0.05, 0) is 42.5 Å². The second-order valence-corrected chi connectivity index (χ2v) is 7.62. The lowest BCUT2D eigenvalue weighted by Crippen LogP contribution is -2.26. The van der Waals surface area contributed by atoms with Gasteiger partial charge in [0.05, 0.1) is 36.7 Å². The molecule has 0 fully saturated rings. The van der Waals surface area contributed by atoms with E-state index in [0.29, 0.717) is 22.9 Å². The largest absolute Gasteiger partial charge is 0.481 e. The van der Waals surface area contributed by atoms with Gasteiger partial charge in [-0.15, -0.1) is 0 Å². The number of benzene rings is 1. The summed E-state index contributed by atoms with van der Waals surface area (Å²) in [6, 6.07) is 12.4. The highest BCUT2D eigenvalue weighted by Crippen LogP contribution is 2.18. The van der Waals surface area contributed by atoms with E-state index in [1.54, 1.807) is 31.3 Å². The van der Waals surface area contributed by atoms with Gasteiger partial charge in [-0.1, -0.05) is 0 Å². The Labute approximate surface area is 162 Å². The van der Waals surface area contributed by atoms with Crippen molar-refractivity contribution in [2.75, 3.05) is 19.1 Å². The van der Waals surface area contributed by atoms with E-state index in [0.717, 1.165) is 0 Å². The number of ether oxygens (including phenoxy) is 1. The average Bonchev–Trinajstić information content (AvgIpc) is 3.25. The standard InChI is InChI=1S/C19H19N3O5S/c1-22(15-7-10-18(26-2)20-12-15)19(23)14-5-8-17(9-6-14)28(24,25)21-13-16-4-3-11-27-16/h3-12,21H,13H2,1-2H3. The van der Waals surface area contributed by atoms with Gasteiger partial charge in [0, 0.05) is 18.7 Å². The van der Waals surface area contributed by atoms with Crippen molar-refractivity contribution in [1.82, 2.24) is 9.71 Å². The number of carbonyl (C=O) groups is 1. The van der Waals surface area contributed by atoms with Gasteiger partial charge in [-0.25, -0.2) is 18.1 Å². The zero-order chi connectivity index (χ0) is 20.1. The van der Waals surface area contributed by atoms with Crippen molar-refractivity contribution in [2.24, 2.45) is 0 Å². The van der Waals surface area contributed by atoms with Crippen LogP contribution in [0, 0.1) is 0 Å². The van der Waals surface area contributed by atoms with Crippen molar-refractivity contribution < 1.29 is 22.4 Å². The summed E-state index contributed by atoms with van der Waals surface area (Å²) in [6.07, 6.45) is 2.99. The van der Waals surface area contributed by atoms with E-state index in [-0.39, 0.29) is 17.3 Å². The number of anilines is 1. The molecule has 0 saturated heterocycles. The number of methoxy groups -OCH3 is 1. The lowest BCUT2D eigenvalue weighted by atomic mass is 10.2. The fraction of sp³-hybridized carbons (Fsp3) is 0.158. The minimum Gasteiger partial charge on any atom is -0.481 e. The van der Waals surface area contributed by atoms with Crippen LogP contribution in [0.4, 0.5) is 5.69 Å². The maximum atomic E-state index is 12.6. The molecule has 0 radical (unpaired) electrons. The van der Waals surface area contributed by atoms with Gasteiger partial charge in [0.1, 0.15) is 5.76 Å². The zero-order valence-electron chi connectivity index (χ0n) is 15.3. The van der Waals surface area contributed by atoms with Gasteiger partial charge >= 0.3 is 0 Å². The summed E-state index contributed by atoms with van der Waals surface area (Å²) < 4.78 is 37.3. The van der Waals surface area contributed by atoms with E-state index in [2.05, 4.69) is 9.71 Å². The monoisotopic (exact) mass is 401 g/mol. The number of pyridine rings is 1. The Bertz CT molecular complexity index is 1030. The van der Waals surface area contributed by atoms with E-state index in [4.69, 9.17) is 9.15 Å². The lowest BCUT2D eigenvalue weighted by Gasteiger charge is -2.17. The number of amides is 1. The third kappa shape index (κ3) is 4.38. The molecule has 3 aromatic rings. The van der Waals surface area contributed by atoms with E-state index < -0.39 is 10.0 Å². The third-order valence-corrected chi connectivity index (χ3v) is 5.47. The van der Waals surface area contributed by atoms with Crippen molar-refractivity contribution in [2.45, 2.75) is 11.4 Å². The molecule has 1 amide bonds. The van der Waals surface area contributed by atoms with Crippen LogP contribution in [-0.2, 0) is 16.6 Å². The smallest absolute Gasteiger partial charge is 0.258 e. The minimum absolute atomic E-state index is 0.0449. The lowest BCUT2D eigenvalue weighted by molar-refractivity contribution is 0.0993. The highest BCUT2D eigenvalue weighted by atomic mass is 32.2. The van der Waals surface area contributed by atoms with Crippen LogP contribution in [0.3, 0.4) is 0 Å². The average molecular weight is 401 g/mol. The fourth-order valence-electron chi connectivity index (χ4n) is 2.44. The van der Waals surface area contributed by atoms with Crippen LogP contribution in [0.5, 0.6) is 5.88 Å². The van der Waals surface area contributed by atoms with E-state index in [1.807, 2.05) is 0 Å². The highest BCUT2D eigenvalue weighted by molar-refractivity contribution is 7.89. The molecule has 0 aliphatic carbocycles. The van der Waals surface area contributed by atoms with Crippen LogP contribution < -0.4 is 14.4 Å². The number of rotatable bonds is 7. The summed E-state index contributed by atoms with van der Waals surface area (Å²) >= 11 is 0. The van der Waals surface area contributed by atoms with Crippen LogP contribution in [0.1, 0.15) is 16.1 Å². The number of carbonyl (C=O) groups excluding carboxylic acids is 1. The number of nitrogens with zero attached hydrogens (tertiary/aromatic N) is 2. The van der Waals surface area contributed by atoms with Gasteiger partial charge in [0.25, 0.3) is 5.91 Å². The number of furan rings is 1. The van der Waals surface area contributed by atoms with E-state index >= 15 is 0 Å². The SMILES string of the molecule is COc1ccc(N(C)C(=O)c2ccc(S(=O)(=O)NCc3ccco3)cc2)cn1. The van der Waals surface area contributed by atoms with Crippen LogP contribution in [0.15, 0.2) is 70.3 Å². The molecule has 9 heteroatoms. The van der Waals surface area contributed by atoms with Gasteiger partial charge in [-0.2, -0.15) is 0 Å². The summed E-state index contributed by atoms with van der Waals surface area (Å²) in [6.45, 7) is 0.0449. The molecule has 0 unspecified atom stereocenters. The van der Waals surface area contributed by atoms with Crippen molar-refractivity contribution in [3.05, 3.63) is 72.3 Å². The van der Waals surface area contributed by atoms with Crippen molar-refractivity contribution in [3.63, 3.8) is 0 Å². The Morgan fingerprint density at radius 3 is 2.50 bits per heavy atom. The Morgan fingerprint density at radius 2 is 1.93 bits per heavy atom. The number of hydrogen-bond donors (Lipinski definition) is 1. The van der Waals surface area contributed by atoms with Gasteiger partial charge in [0.2, 0.25) is 15.9 Å². The molecule has 146 valence electrons. The third-order valence-electron chi connectivity index (χ3n) is 4.05. The maximum Gasteiger partial charge on any atom is 0.258 e. The molecule has 1 N–H and O–H groups in total. The number of nitrogens with one attached hydrogen (secondary N) is 1. The molecule has 0 saturated carbocycles. The van der Waals surface area contributed by atoms with E-state index in [1.165, 1.54) is 48.7 Å². The quantitative estimate of drug-likeness (QED) is 0.652.